The Labute approximate surface area is 113 Å². The Hall–Kier alpha value is -0.330. The van der Waals surface area contributed by atoms with Gasteiger partial charge in [0.25, 0.3) is 0 Å². The zero-order chi connectivity index (χ0) is 14.5. The summed E-state index contributed by atoms with van der Waals surface area (Å²) in [5, 5.41) is 9.18. The van der Waals surface area contributed by atoms with Crippen molar-refractivity contribution in [1.29, 1.82) is 0 Å². The summed E-state index contributed by atoms with van der Waals surface area (Å²) in [4.78, 5) is 1.87. The standard InChI is InChI=1S/C13H25F3N2O/c1-2-12(17,10-19)6-4-8-18-7-3-5-11(9-18)13(14,15)16/h11,19H,2-10,17H2,1H3. The van der Waals surface area contributed by atoms with Gasteiger partial charge in [0.15, 0.2) is 0 Å². The van der Waals surface area contributed by atoms with Crippen LogP contribution in [0.15, 0.2) is 0 Å². The predicted octanol–water partition coefficient (Wildman–Crippen LogP) is 2.14. The summed E-state index contributed by atoms with van der Waals surface area (Å²) in [6.45, 7) is 3.30. The van der Waals surface area contributed by atoms with E-state index in [1.165, 1.54) is 0 Å². The van der Waals surface area contributed by atoms with E-state index in [1.807, 2.05) is 11.8 Å². The number of aliphatic hydroxyl groups is 1. The van der Waals surface area contributed by atoms with Crippen LogP contribution in [0.1, 0.15) is 39.0 Å². The molecule has 1 rings (SSSR count). The van der Waals surface area contributed by atoms with Crippen molar-refractivity contribution in [1.82, 2.24) is 4.90 Å². The van der Waals surface area contributed by atoms with Gasteiger partial charge in [-0.25, -0.2) is 0 Å². The largest absolute Gasteiger partial charge is 0.394 e. The van der Waals surface area contributed by atoms with Crippen molar-refractivity contribution in [3.63, 3.8) is 0 Å². The molecule has 3 N–H and O–H groups in total. The van der Waals surface area contributed by atoms with Crippen LogP contribution in [0.3, 0.4) is 0 Å². The van der Waals surface area contributed by atoms with Gasteiger partial charge in [0, 0.05) is 12.1 Å². The zero-order valence-corrected chi connectivity index (χ0v) is 11.5. The Morgan fingerprint density at radius 1 is 1.37 bits per heavy atom. The molecule has 1 fully saturated rings. The minimum Gasteiger partial charge on any atom is -0.394 e. The molecule has 1 aliphatic rings. The van der Waals surface area contributed by atoms with Gasteiger partial charge in [-0.1, -0.05) is 6.92 Å². The lowest BCUT2D eigenvalue weighted by Gasteiger charge is -2.34. The van der Waals surface area contributed by atoms with Gasteiger partial charge >= 0.3 is 6.18 Å². The first-order valence-corrected chi connectivity index (χ1v) is 6.99. The molecule has 1 heterocycles. The molecule has 6 heteroatoms. The monoisotopic (exact) mass is 282 g/mol. The lowest BCUT2D eigenvalue weighted by atomic mass is 9.92. The first-order chi connectivity index (χ1) is 8.80. The van der Waals surface area contributed by atoms with Gasteiger partial charge in [0.05, 0.1) is 12.5 Å². The van der Waals surface area contributed by atoms with Gasteiger partial charge < -0.3 is 15.7 Å². The second-order valence-corrected chi connectivity index (χ2v) is 5.66. The molecular formula is C13H25F3N2O. The van der Waals surface area contributed by atoms with E-state index in [1.54, 1.807) is 0 Å². The van der Waals surface area contributed by atoms with E-state index < -0.39 is 17.6 Å². The van der Waals surface area contributed by atoms with Crippen molar-refractivity contribution in [3.8, 4) is 0 Å². The molecule has 2 atom stereocenters. The number of nitrogens with two attached hydrogens (primary N) is 1. The summed E-state index contributed by atoms with van der Waals surface area (Å²) in [5.41, 5.74) is 5.38. The third-order valence-corrected chi connectivity index (χ3v) is 4.14. The maximum Gasteiger partial charge on any atom is 0.393 e. The summed E-state index contributed by atoms with van der Waals surface area (Å²) in [6, 6.07) is 0. The quantitative estimate of drug-likeness (QED) is 0.785. The van der Waals surface area contributed by atoms with Crippen LogP contribution in [-0.4, -0.2) is 48.0 Å². The fraction of sp³-hybridized carbons (Fsp3) is 1.00. The Kier molecular flexibility index (Phi) is 6.08. The van der Waals surface area contributed by atoms with E-state index in [9.17, 15) is 18.3 Å². The number of piperidine rings is 1. The number of hydrogen-bond acceptors (Lipinski definition) is 3. The maximum absolute atomic E-state index is 12.7. The van der Waals surface area contributed by atoms with Crippen LogP contribution in [0.5, 0.6) is 0 Å². The van der Waals surface area contributed by atoms with E-state index in [2.05, 4.69) is 0 Å². The zero-order valence-electron chi connectivity index (χ0n) is 11.5. The fourth-order valence-electron chi connectivity index (χ4n) is 2.55. The minimum atomic E-state index is -4.08. The van der Waals surface area contributed by atoms with Crippen molar-refractivity contribution in [2.75, 3.05) is 26.2 Å². The average Bonchev–Trinajstić information content (AvgIpc) is 2.38. The number of alkyl halides is 3. The van der Waals surface area contributed by atoms with Gasteiger partial charge in [-0.05, 0) is 45.2 Å². The lowest BCUT2D eigenvalue weighted by Crippen LogP contribution is -2.45. The number of hydrogen-bond donors (Lipinski definition) is 2. The molecule has 0 aromatic heterocycles. The van der Waals surface area contributed by atoms with Crippen molar-refractivity contribution in [3.05, 3.63) is 0 Å². The molecule has 0 amide bonds. The van der Waals surface area contributed by atoms with Gasteiger partial charge in [-0.3, -0.25) is 0 Å². The molecule has 0 bridgehead atoms. The molecule has 0 spiro atoms. The highest BCUT2D eigenvalue weighted by Gasteiger charge is 2.41. The SMILES string of the molecule is CCC(N)(CO)CCCN1CCCC(C(F)(F)F)C1. The van der Waals surface area contributed by atoms with E-state index in [0.29, 0.717) is 25.8 Å². The first-order valence-electron chi connectivity index (χ1n) is 6.99. The summed E-state index contributed by atoms with van der Waals surface area (Å²) in [5.74, 6) is -1.19. The van der Waals surface area contributed by atoms with E-state index >= 15 is 0 Å². The van der Waals surface area contributed by atoms with Crippen molar-refractivity contribution < 1.29 is 18.3 Å². The van der Waals surface area contributed by atoms with Crippen LogP contribution in [0, 0.1) is 5.92 Å². The maximum atomic E-state index is 12.7. The number of halogens is 3. The number of aliphatic hydroxyl groups excluding tert-OH is 1. The predicted molar refractivity (Wildman–Crippen MR) is 68.7 cm³/mol. The van der Waals surface area contributed by atoms with Crippen LogP contribution >= 0.6 is 0 Å². The van der Waals surface area contributed by atoms with Gasteiger partial charge in [-0.2, -0.15) is 13.2 Å². The fourth-order valence-corrected chi connectivity index (χ4v) is 2.55. The first kappa shape index (κ1) is 16.7. The molecule has 0 aliphatic carbocycles. The summed E-state index contributed by atoms with van der Waals surface area (Å²) >= 11 is 0. The second-order valence-electron chi connectivity index (χ2n) is 5.66. The van der Waals surface area contributed by atoms with Gasteiger partial charge in [0.2, 0.25) is 0 Å². The molecule has 0 radical (unpaired) electrons. The van der Waals surface area contributed by atoms with Crippen molar-refractivity contribution in [2.24, 2.45) is 11.7 Å². The van der Waals surface area contributed by atoms with Crippen LogP contribution in [0.2, 0.25) is 0 Å². The molecular weight excluding hydrogens is 257 g/mol. The normalized spacial score (nSPS) is 25.3. The molecule has 19 heavy (non-hydrogen) atoms. The van der Waals surface area contributed by atoms with E-state index in [0.717, 1.165) is 13.0 Å². The van der Waals surface area contributed by atoms with E-state index in [-0.39, 0.29) is 19.6 Å². The molecule has 114 valence electrons. The minimum absolute atomic E-state index is 0.0747. The molecule has 3 nitrogen and oxygen atoms in total. The Morgan fingerprint density at radius 3 is 2.58 bits per heavy atom. The molecule has 0 aromatic carbocycles. The summed E-state index contributed by atoms with van der Waals surface area (Å²) in [7, 11) is 0. The summed E-state index contributed by atoms with van der Waals surface area (Å²) < 4.78 is 38.0. The summed E-state index contributed by atoms with van der Waals surface area (Å²) in [6.07, 6.45) is -1.18. The van der Waals surface area contributed by atoms with Crippen LogP contribution in [0.25, 0.3) is 0 Å². The Morgan fingerprint density at radius 2 is 2.05 bits per heavy atom. The Balaban J connectivity index is 2.34. The smallest absolute Gasteiger partial charge is 0.393 e. The number of rotatable bonds is 6. The van der Waals surface area contributed by atoms with Crippen LogP contribution in [-0.2, 0) is 0 Å². The molecule has 1 saturated heterocycles. The van der Waals surface area contributed by atoms with Crippen LogP contribution in [0.4, 0.5) is 13.2 Å². The average molecular weight is 282 g/mol. The third kappa shape index (κ3) is 5.28. The molecule has 1 aliphatic heterocycles. The number of likely N-dealkylation sites (tertiary alicyclic amines) is 1. The molecule has 0 saturated carbocycles. The number of nitrogens with zero attached hydrogens (tertiary/aromatic N) is 1. The lowest BCUT2D eigenvalue weighted by molar-refractivity contribution is -0.186. The third-order valence-electron chi connectivity index (χ3n) is 4.14. The highest BCUT2D eigenvalue weighted by atomic mass is 19.4. The molecule has 0 aromatic rings. The highest BCUT2D eigenvalue weighted by molar-refractivity contribution is 4.83. The topological polar surface area (TPSA) is 49.5 Å². The van der Waals surface area contributed by atoms with Crippen molar-refractivity contribution in [2.45, 2.75) is 50.7 Å². The van der Waals surface area contributed by atoms with Crippen LogP contribution < -0.4 is 5.73 Å². The van der Waals surface area contributed by atoms with Crippen molar-refractivity contribution >= 4 is 0 Å². The highest BCUT2D eigenvalue weighted by Crippen LogP contribution is 2.33. The van der Waals surface area contributed by atoms with E-state index in [4.69, 9.17) is 5.73 Å². The second kappa shape index (κ2) is 6.90. The Bertz CT molecular complexity index is 267. The van der Waals surface area contributed by atoms with Gasteiger partial charge in [-0.15, -0.1) is 0 Å². The van der Waals surface area contributed by atoms with Gasteiger partial charge in [0.1, 0.15) is 0 Å². The molecule has 2 unspecified atom stereocenters.